The van der Waals surface area contributed by atoms with Gasteiger partial charge in [-0.2, -0.15) is 0 Å². The third-order valence-electron chi connectivity index (χ3n) is 2.37. The van der Waals surface area contributed by atoms with Crippen LogP contribution in [0.2, 0.25) is 0 Å². The monoisotopic (exact) mass is 193 g/mol. The van der Waals surface area contributed by atoms with E-state index in [1.165, 1.54) is 5.56 Å². The molecule has 14 heavy (non-hydrogen) atoms. The summed E-state index contributed by atoms with van der Waals surface area (Å²) >= 11 is 0. The summed E-state index contributed by atoms with van der Waals surface area (Å²) in [7, 11) is 1.74. The number of rotatable bonds is 2. The van der Waals surface area contributed by atoms with E-state index in [-0.39, 0.29) is 5.41 Å². The maximum atomic E-state index is 9.51. The van der Waals surface area contributed by atoms with Crippen LogP contribution in [-0.2, 0) is 5.41 Å². The van der Waals surface area contributed by atoms with E-state index in [1.807, 2.05) is 12.1 Å². The number of aliphatic hydroxyl groups excluding tert-OH is 1. The van der Waals surface area contributed by atoms with E-state index in [9.17, 15) is 5.11 Å². The number of hydrogen-bond donors (Lipinski definition) is 2. The molecule has 1 aromatic rings. The molecule has 0 spiro atoms. The minimum atomic E-state index is -0.566. The maximum Gasteiger partial charge on any atom is 0.130 e. The van der Waals surface area contributed by atoms with Gasteiger partial charge in [0.15, 0.2) is 0 Å². The van der Waals surface area contributed by atoms with Crippen molar-refractivity contribution in [3.63, 3.8) is 0 Å². The molecular formula is C12H19NO. The van der Waals surface area contributed by atoms with Crippen molar-refractivity contribution in [3.8, 4) is 0 Å². The molecule has 0 fully saturated rings. The standard InChI is InChI=1S/C12H19NO/c1-12(2,3)10-7-5-9(6-8-10)11(14)13-4/h5-8,11,13-14H,1-4H3. The summed E-state index contributed by atoms with van der Waals surface area (Å²) in [5.74, 6) is 0. The molecule has 2 N–H and O–H groups in total. The number of benzene rings is 1. The first kappa shape index (κ1) is 11.2. The highest BCUT2D eigenvalue weighted by Gasteiger charge is 2.13. The summed E-state index contributed by atoms with van der Waals surface area (Å²) in [6, 6.07) is 8.05. The zero-order valence-electron chi connectivity index (χ0n) is 9.33. The lowest BCUT2D eigenvalue weighted by Gasteiger charge is -2.19. The quantitative estimate of drug-likeness (QED) is 0.706. The smallest absolute Gasteiger partial charge is 0.130 e. The Labute approximate surface area is 86.0 Å². The van der Waals surface area contributed by atoms with Crippen LogP contribution in [0.4, 0.5) is 0 Å². The average Bonchev–Trinajstić information content (AvgIpc) is 2.15. The van der Waals surface area contributed by atoms with E-state index in [4.69, 9.17) is 0 Å². The van der Waals surface area contributed by atoms with Crippen molar-refractivity contribution in [1.29, 1.82) is 0 Å². The van der Waals surface area contributed by atoms with Crippen LogP contribution in [0.5, 0.6) is 0 Å². The van der Waals surface area contributed by atoms with Gasteiger partial charge in [-0.05, 0) is 23.6 Å². The molecule has 0 aliphatic rings. The second kappa shape index (κ2) is 4.11. The number of aliphatic hydroxyl groups is 1. The molecule has 1 aromatic carbocycles. The van der Waals surface area contributed by atoms with Gasteiger partial charge in [0.2, 0.25) is 0 Å². The lowest BCUT2D eigenvalue weighted by atomic mass is 9.86. The van der Waals surface area contributed by atoms with Gasteiger partial charge >= 0.3 is 0 Å². The van der Waals surface area contributed by atoms with Crippen molar-refractivity contribution in [2.45, 2.75) is 32.4 Å². The molecule has 0 radical (unpaired) electrons. The normalized spacial score (nSPS) is 14.1. The zero-order valence-corrected chi connectivity index (χ0v) is 9.33. The van der Waals surface area contributed by atoms with Crippen molar-refractivity contribution in [2.24, 2.45) is 0 Å². The molecule has 0 aliphatic heterocycles. The SMILES string of the molecule is CNC(O)c1ccc(C(C)(C)C)cc1. The Morgan fingerprint density at radius 3 is 2.00 bits per heavy atom. The van der Waals surface area contributed by atoms with E-state index in [2.05, 4.69) is 38.2 Å². The summed E-state index contributed by atoms with van der Waals surface area (Å²) in [4.78, 5) is 0. The third kappa shape index (κ3) is 2.56. The Balaban J connectivity index is 2.89. The molecule has 0 aliphatic carbocycles. The summed E-state index contributed by atoms with van der Waals surface area (Å²) in [6.45, 7) is 6.53. The van der Waals surface area contributed by atoms with Crippen molar-refractivity contribution >= 4 is 0 Å². The lowest BCUT2D eigenvalue weighted by molar-refractivity contribution is 0.149. The lowest BCUT2D eigenvalue weighted by Crippen LogP contribution is -2.16. The van der Waals surface area contributed by atoms with Gasteiger partial charge in [0, 0.05) is 0 Å². The largest absolute Gasteiger partial charge is 0.374 e. The Hall–Kier alpha value is -0.860. The summed E-state index contributed by atoms with van der Waals surface area (Å²) in [6.07, 6.45) is -0.566. The van der Waals surface area contributed by atoms with Crippen LogP contribution in [0, 0.1) is 0 Å². The Bertz CT molecular complexity index is 284. The van der Waals surface area contributed by atoms with E-state index in [0.717, 1.165) is 5.56 Å². The van der Waals surface area contributed by atoms with Crippen LogP contribution in [-0.4, -0.2) is 12.2 Å². The van der Waals surface area contributed by atoms with Crippen molar-refractivity contribution in [3.05, 3.63) is 35.4 Å². The Morgan fingerprint density at radius 1 is 1.14 bits per heavy atom. The van der Waals surface area contributed by atoms with Crippen LogP contribution in [0.25, 0.3) is 0 Å². The van der Waals surface area contributed by atoms with Crippen molar-refractivity contribution < 1.29 is 5.11 Å². The minimum absolute atomic E-state index is 0.170. The maximum absolute atomic E-state index is 9.51. The molecule has 0 bridgehead atoms. The molecular weight excluding hydrogens is 174 g/mol. The zero-order chi connectivity index (χ0) is 10.8. The van der Waals surface area contributed by atoms with Crippen molar-refractivity contribution in [1.82, 2.24) is 5.32 Å². The highest BCUT2D eigenvalue weighted by atomic mass is 16.3. The van der Waals surface area contributed by atoms with Gasteiger partial charge in [0.25, 0.3) is 0 Å². The Morgan fingerprint density at radius 2 is 1.64 bits per heavy atom. The first-order valence-corrected chi connectivity index (χ1v) is 4.91. The third-order valence-corrected chi connectivity index (χ3v) is 2.37. The van der Waals surface area contributed by atoms with E-state index < -0.39 is 6.23 Å². The molecule has 0 saturated carbocycles. The van der Waals surface area contributed by atoms with Gasteiger partial charge in [0.1, 0.15) is 6.23 Å². The number of hydrogen-bond acceptors (Lipinski definition) is 2. The van der Waals surface area contributed by atoms with E-state index in [1.54, 1.807) is 7.05 Å². The molecule has 78 valence electrons. The van der Waals surface area contributed by atoms with Crippen LogP contribution < -0.4 is 5.32 Å². The Kier molecular flexibility index (Phi) is 3.29. The molecule has 2 heteroatoms. The van der Waals surface area contributed by atoms with Gasteiger partial charge < -0.3 is 5.11 Å². The highest BCUT2D eigenvalue weighted by molar-refractivity contribution is 5.28. The second-order valence-corrected chi connectivity index (χ2v) is 4.56. The molecule has 1 rings (SSSR count). The van der Waals surface area contributed by atoms with Crippen LogP contribution in [0.15, 0.2) is 24.3 Å². The predicted molar refractivity (Wildman–Crippen MR) is 59.2 cm³/mol. The fourth-order valence-corrected chi connectivity index (χ4v) is 1.33. The first-order chi connectivity index (χ1) is 6.45. The molecule has 2 nitrogen and oxygen atoms in total. The number of nitrogens with one attached hydrogen (secondary N) is 1. The summed E-state index contributed by atoms with van der Waals surface area (Å²) < 4.78 is 0. The van der Waals surface area contributed by atoms with Crippen LogP contribution in [0.3, 0.4) is 0 Å². The molecule has 0 amide bonds. The minimum Gasteiger partial charge on any atom is -0.374 e. The highest BCUT2D eigenvalue weighted by Crippen LogP contribution is 2.23. The van der Waals surface area contributed by atoms with Crippen LogP contribution in [0.1, 0.15) is 38.1 Å². The van der Waals surface area contributed by atoms with Gasteiger partial charge in [-0.25, -0.2) is 0 Å². The topological polar surface area (TPSA) is 32.3 Å². The molecule has 1 unspecified atom stereocenters. The molecule has 0 aromatic heterocycles. The van der Waals surface area contributed by atoms with E-state index >= 15 is 0 Å². The van der Waals surface area contributed by atoms with Gasteiger partial charge in [0.05, 0.1) is 0 Å². The molecule has 0 saturated heterocycles. The second-order valence-electron chi connectivity index (χ2n) is 4.56. The average molecular weight is 193 g/mol. The summed E-state index contributed by atoms with van der Waals surface area (Å²) in [5.41, 5.74) is 2.36. The fraction of sp³-hybridized carbons (Fsp3) is 0.500. The predicted octanol–water partition coefficient (Wildman–Crippen LogP) is 2.19. The van der Waals surface area contributed by atoms with Gasteiger partial charge in [-0.1, -0.05) is 45.0 Å². The fourth-order valence-electron chi connectivity index (χ4n) is 1.33. The first-order valence-electron chi connectivity index (χ1n) is 4.91. The van der Waals surface area contributed by atoms with Gasteiger partial charge in [-0.3, -0.25) is 5.32 Å². The molecule has 1 atom stereocenters. The van der Waals surface area contributed by atoms with Crippen molar-refractivity contribution in [2.75, 3.05) is 7.05 Å². The van der Waals surface area contributed by atoms with Gasteiger partial charge in [-0.15, -0.1) is 0 Å². The summed E-state index contributed by atoms with van der Waals surface area (Å²) in [5, 5.41) is 12.3. The van der Waals surface area contributed by atoms with Crippen LogP contribution >= 0.6 is 0 Å². The molecule has 0 heterocycles. The van der Waals surface area contributed by atoms with E-state index in [0.29, 0.717) is 0 Å².